The molecule has 1 aliphatic heterocycles. The van der Waals surface area contributed by atoms with Gasteiger partial charge in [-0.15, -0.1) is 0 Å². The van der Waals surface area contributed by atoms with Crippen molar-refractivity contribution in [2.45, 2.75) is 25.9 Å². The highest BCUT2D eigenvalue weighted by molar-refractivity contribution is 5.62. The minimum atomic E-state index is -0.617. The Morgan fingerprint density at radius 1 is 0.929 bits per heavy atom. The molecule has 0 saturated carbocycles. The molecule has 1 aliphatic rings. The molecule has 0 amide bonds. The van der Waals surface area contributed by atoms with Crippen LogP contribution in [0, 0.1) is 12.3 Å². The van der Waals surface area contributed by atoms with E-state index in [-0.39, 0.29) is 12.1 Å². The lowest BCUT2D eigenvalue weighted by molar-refractivity contribution is -0.156. The van der Waals surface area contributed by atoms with E-state index in [1.165, 1.54) is 0 Å². The smallest absolute Gasteiger partial charge is 0.130 e. The van der Waals surface area contributed by atoms with Gasteiger partial charge in [-0.25, -0.2) is 0 Å². The van der Waals surface area contributed by atoms with Crippen molar-refractivity contribution in [3.63, 3.8) is 0 Å². The van der Waals surface area contributed by atoms with Gasteiger partial charge in [-0.1, -0.05) is 84.9 Å². The highest BCUT2D eigenvalue weighted by Crippen LogP contribution is 2.49. The number of hydrogen-bond acceptors (Lipinski definition) is 3. The molecule has 1 saturated heterocycles. The van der Waals surface area contributed by atoms with Gasteiger partial charge in [-0.3, -0.25) is 4.84 Å². The van der Waals surface area contributed by atoms with Crippen molar-refractivity contribution in [2.24, 2.45) is 5.41 Å². The summed E-state index contributed by atoms with van der Waals surface area (Å²) < 4.78 is 0. The summed E-state index contributed by atoms with van der Waals surface area (Å²) in [6, 6.07) is 28.7. The number of hydroxylamine groups is 2. The molecule has 0 unspecified atom stereocenters. The number of benzene rings is 3. The van der Waals surface area contributed by atoms with Gasteiger partial charge in [0.15, 0.2) is 0 Å². The number of aldehydes is 1. The lowest BCUT2D eigenvalue weighted by Gasteiger charge is -2.36. The highest BCUT2D eigenvalue weighted by atomic mass is 16.7. The maximum absolute atomic E-state index is 12.2. The van der Waals surface area contributed by atoms with Crippen molar-refractivity contribution >= 4 is 6.29 Å². The molecule has 0 aliphatic carbocycles. The quantitative estimate of drug-likeness (QED) is 0.572. The van der Waals surface area contributed by atoms with Crippen LogP contribution in [0.5, 0.6) is 0 Å². The predicted molar refractivity (Wildman–Crippen MR) is 111 cm³/mol. The summed E-state index contributed by atoms with van der Waals surface area (Å²) in [5.41, 5.74) is 3.96. The van der Waals surface area contributed by atoms with Crippen LogP contribution >= 0.6 is 0 Å². The van der Waals surface area contributed by atoms with Crippen molar-refractivity contribution in [3.05, 3.63) is 107 Å². The normalized spacial score (nSPS) is 22.5. The highest BCUT2D eigenvalue weighted by Gasteiger charge is 2.49. The van der Waals surface area contributed by atoms with Crippen molar-refractivity contribution in [1.82, 2.24) is 5.06 Å². The predicted octanol–water partition coefficient (Wildman–Crippen LogP) is 5.28. The molecule has 0 N–H and O–H groups in total. The van der Waals surface area contributed by atoms with Crippen molar-refractivity contribution in [1.29, 1.82) is 0 Å². The van der Waals surface area contributed by atoms with E-state index in [2.05, 4.69) is 43.3 Å². The second-order valence-electron chi connectivity index (χ2n) is 7.74. The average molecular weight is 371 g/mol. The molecular formula is C25H25NO2. The van der Waals surface area contributed by atoms with E-state index in [0.29, 0.717) is 6.61 Å². The molecule has 0 bridgehead atoms. The molecule has 28 heavy (non-hydrogen) atoms. The third-order valence-electron chi connectivity index (χ3n) is 5.64. The number of carbonyl (C=O) groups is 1. The summed E-state index contributed by atoms with van der Waals surface area (Å²) in [6.07, 6.45) is 1.05. The Bertz CT molecular complexity index is 902. The molecule has 3 aromatic rings. The first kappa shape index (κ1) is 18.6. The Hall–Kier alpha value is -2.75. The number of hydrogen-bond donors (Lipinski definition) is 0. The fourth-order valence-electron chi connectivity index (χ4n) is 4.12. The maximum atomic E-state index is 12.2. The van der Waals surface area contributed by atoms with E-state index in [9.17, 15) is 4.79 Å². The van der Waals surface area contributed by atoms with Gasteiger partial charge >= 0.3 is 0 Å². The molecule has 4 rings (SSSR count). The Morgan fingerprint density at radius 2 is 1.46 bits per heavy atom. The van der Waals surface area contributed by atoms with Crippen LogP contribution < -0.4 is 0 Å². The van der Waals surface area contributed by atoms with Gasteiger partial charge in [-0.05, 0) is 36.1 Å². The Labute approximate surface area is 166 Å². The van der Waals surface area contributed by atoms with Crippen LogP contribution in [0.1, 0.15) is 41.3 Å². The van der Waals surface area contributed by atoms with Crippen molar-refractivity contribution in [3.8, 4) is 0 Å². The third-order valence-corrected chi connectivity index (χ3v) is 5.64. The molecule has 1 heterocycles. The zero-order valence-corrected chi connectivity index (χ0v) is 16.3. The van der Waals surface area contributed by atoms with Crippen molar-refractivity contribution < 1.29 is 9.63 Å². The summed E-state index contributed by atoms with van der Waals surface area (Å²) >= 11 is 0. The summed E-state index contributed by atoms with van der Waals surface area (Å²) in [4.78, 5) is 18.4. The average Bonchev–Trinajstić information content (AvgIpc) is 3.08. The first-order valence-corrected chi connectivity index (χ1v) is 9.67. The Kier molecular flexibility index (Phi) is 5.12. The molecule has 2 atom stereocenters. The van der Waals surface area contributed by atoms with Crippen LogP contribution in [0.2, 0.25) is 0 Å². The first-order chi connectivity index (χ1) is 13.6. The SMILES string of the molecule is Cc1ccccc1[C@H]1N(C(c2ccccc2)c2ccccc2)OC[C@]1(C)C=O. The lowest BCUT2D eigenvalue weighted by atomic mass is 9.79. The van der Waals surface area contributed by atoms with Gasteiger partial charge in [0.1, 0.15) is 6.29 Å². The standard InChI is InChI=1S/C25H25NO2/c1-19-11-9-10-16-22(19)24-25(2,17-27)18-28-26(24)23(20-12-5-3-6-13-20)21-14-7-4-8-15-21/h3-17,23-24H,18H2,1-2H3/t24-,25+/m1/s1. The Morgan fingerprint density at radius 3 is 2.00 bits per heavy atom. The van der Waals surface area contributed by atoms with Gasteiger partial charge in [0, 0.05) is 0 Å². The van der Waals surface area contributed by atoms with E-state index in [0.717, 1.165) is 28.5 Å². The van der Waals surface area contributed by atoms with E-state index in [4.69, 9.17) is 4.84 Å². The molecule has 142 valence electrons. The van der Waals surface area contributed by atoms with Crippen LogP contribution in [-0.4, -0.2) is 18.0 Å². The minimum absolute atomic E-state index is 0.103. The zero-order chi connectivity index (χ0) is 19.6. The molecule has 0 aromatic heterocycles. The molecule has 3 nitrogen and oxygen atoms in total. The maximum Gasteiger partial charge on any atom is 0.130 e. The van der Waals surface area contributed by atoms with E-state index >= 15 is 0 Å². The molecular weight excluding hydrogens is 346 g/mol. The number of aryl methyl sites for hydroxylation is 1. The molecule has 0 spiro atoms. The number of rotatable bonds is 5. The first-order valence-electron chi connectivity index (χ1n) is 9.67. The topological polar surface area (TPSA) is 29.5 Å². The summed E-state index contributed by atoms with van der Waals surface area (Å²) in [5.74, 6) is 0. The summed E-state index contributed by atoms with van der Waals surface area (Å²) in [5, 5.41) is 2.03. The number of nitrogens with zero attached hydrogens (tertiary/aromatic N) is 1. The van der Waals surface area contributed by atoms with Crippen LogP contribution in [0.3, 0.4) is 0 Å². The van der Waals surface area contributed by atoms with Crippen LogP contribution in [0.25, 0.3) is 0 Å². The van der Waals surface area contributed by atoms with Crippen molar-refractivity contribution in [2.75, 3.05) is 6.61 Å². The Balaban J connectivity index is 1.87. The van der Waals surface area contributed by atoms with Crippen LogP contribution in [0.4, 0.5) is 0 Å². The summed E-state index contributed by atoms with van der Waals surface area (Å²) in [6.45, 7) is 4.45. The monoisotopic (exact) mass is 371 g/mol. The van der Waals surface area contributed by atoms with Gasteiger partial charge in [-0.2, -0.15) is 5.06 Å². The molecule has 0 radical (unpaired) electrons. The van der Waals surface area contributed by atoms with E-state index in [1.54, 1.807) is 0 Å². The second-order valence-corrected chi connectivity index (χ2v) is 7.74. The molecule has 3 heteroatoms. The van der Waals surface area contributed by atoms with Crippen LogP contribution in [0.15, 0.2) is 84.9 Å². The van der Waals surface area contributed by atoms with E-state index < -0.39 is 5.41 Å². The van der Waals surface area contributed by atoms with Gasteiger partial charge in [0.05, 0.1) is 24.1 Å². The van der Waals surface area contributed by atoms with Gasteiger partial charge < -0.3 is 4.79 Å². The second kappa shape index (κ2) is 7.70. The van der Waals surface area contributed by atoms with Crippen LogP contribution in [-0.2, 0) is 9.63 Å². The fraction of sp³-hybridized carbons (Fsp3) is 0.240. The van der Waals surface area contributed by atoms with Gasteiger partial charge in [0.2, 0.25) is 0 Å². The molecule has 1 fully saturated rings. The largest absolute Gasteiger partial charge is 0.303 e. The third kappa shape index (κ3) is 3.28. The zero-order valence-electron chi connectivity index (χ0n) is 16.3. The van der Waals surface area contributed by atoms with Gasteiger partial charge in [0.25, 0.3) is 0 Å². The fourth-order valence-corrected chi connectivity index (χ4v) is 4.12. The number of carbonyl (C=O) groups excluding carboxylic acids is 1. The molecule has 3 aromatic carbocycles. The summed E-state index contributed by atoms with van der Waals surface area (Å²) in [7, 11) is 0. The minimum Gasteiger partial charge on any atom is -0.303 e. The van der Waals surface area contributed by atoms with E-state index in [1.807, 2.05) is 60.5 Å². The lowest BCUT2D eigenvalue weighted by Crippen LogP contribution is -2.35.